The topological polar surface area (TPSA) is 80.1 Å². The highest BCUT2D eigenvalue weighted by atomic mass is 16.2. The molecule has 0 bridgehead atoms. The Labute approximate surface area is 163 Å². The van der Waals surface area contributed by atoms with Crippen molar-refractivity contribution in [3.63, 3.8) is 0 Å². The molecule has 3 aromatic rings. The molecule has 1 aliphatic rings. The molecule has 4 rings (SSSR count). The third kappa shape index (κ3) is 3.64. The van der Waals surface area contributed by atoms with Crippen molar-refractivity contribution in [2.24, 2.45) is 5.92 Å². The molecule has 1 saturated heterocycles. The van der Waals surface area contributed by atoms with Crippen LogP contribution in [0.4, 0.5) is 11.4 Å². The van der Waals surface area contributed by atoms with E-state index in [0.29, 0.717) is 12.2 Å². The van der Waals surface area contributed by atoms with Gasteiger partial charge in [-0.2, -0.15) is 5.10 Å². The van der Waals surface area contributed by atoms with E-state index in [2.05, 4.69) is 22.3 Å². The molecule has 0 spiro atoms. The molecular weight excluding hydrogens is 354 g/mol. The lowest BCUT2D eigenvalue weighted by atomic mass is 10.1. The van der Waals surface area contributed by atoms with E-state index in [1.807, 2.05) is 48.5 Å². The van der Waals surface area contributed by atoms with Crippen molar-refractivity contribution in [1.82, 2.24) is 14.8 Å². The summed E-state index contributed by atoms with van der Waals surface area (Å²) < 4.78 is 1.64. The molecule has 0 aliphatic carbocycles. The molecule has 2 amide bonds. The van der Waals surface area contributed by atoms with Gasteiger partial charge in [0.25, 0.3) is 0 Å². The number of nitrogens with zero attached hydrogens (tertiary/aromatic N) is 4. The fourth-order valence-electron chi connectivity index (χ4n) is 3.33. The monoisotopic (exact) mass is 375 g/mol. The number of aromatic nitrogens is 3. The van der Waals surface area contributed by atoms with Gasteiger partial charge >= 0.3 is 0 Å². The molecular formula is C21H21N5O2. The van der Waals surface area contributed by atoms with E-state index in [0.717, 1.165) is 17.8 Å². The van der Waals surface area contributed by atoms with Crippen molar-refractivity contribution in [2.45, 2.75) is 19.8 Å². The summed E-state index contributed by atoms with van der Waals surface area (Å²) in [5, 5.41) is 6.98. The molecule has 142 valence electrons. The Morgan fingerprint density at radius 1 is 1.11 bits per heavy atom. The van der Waals surface area contributed by atoms with Crippen LogP contribution in [0.3, 0.4) is 0 Å². The van der Waals surface area contributed by atoms with Crippen LogP contribution in [0.1, 0.15) is 18.9 Å². The number of carbonyl (C=O) groups excluding carboxylic acids is 2. The highest BCUT2D eigenvalue weighted by Gasteiger charge is 2.35. The van der Waals surface area contributed by atoms with E-state index in [9.17, 15) is 9.59 Å². The predicted molar refractivity (Wildman–Crippen MR) is 106 cm³/mol. The number of anilines is 2. The van der Waals surface area contributed by atoms with Crippen molar-refractivity contribution in [3.05, 3.63) is 66.7 Å². The van der Waals surface area contributed by atoms with Crippen molar-refractivity contribution in [2.75, 3.05) is 16.8 Å². The molecule has 0 saturated carbocycles. The van der Waals surface area contributed by atoms with Crippen LogP contribution in [-0.4, -0.2) is 33.1 Å². The first-order valence-corrected chi connectivity index (χ1v) is 9.29. The Kier molecular flexibility index (Phi) is 4.89. The maximum absolute atomic E-state index is 12.6. The van der Waals surface area contributed by atoms with Gasteiger partial charge in [-0.1, -0.05) is 19.1 Å². The van der Waals surface area contributed by atoms with Crippen LogP contribution in [0.25, 0.3) is 5.69 Å². The molecule has 1 aliphatic heterocycles. The van der Waals surface area contributed by atoms with E-state index in [1.54, 1.807) is 15.9 Å². The standard InChI is InChI=1S/C21H21N5O2/c1-2-15-3-7-18(8-4-15)25-12-16(11-20(25)27)21(28)24-17-5-9-19(10-6-17)26-14-22-13-23-26/h3-10,13-14,16H,2,11-12H2,1H3,(H,24,28). The molecule has 1 fully saturated rings. The number of rotatable bonds is 5. The van der Waals surface area contributed by atoms with Gasteiger partial charge in [0.1, 0.15) is 12.7 Å². The zero-order valence-electron chi connectivity index (χ0n) is 15.6. The summed E-state index contributed by atoms with van der Waals surface area (Å²) in [5.41, 5.74) is 3.61. The minimum atomic E-state index is -0.367. The SMILES string of the molecule is CCc1ccc(N2CC(C(=O)Nc3ccc(-n4cncn4)cc3)CC2=O)cc1. The molecule has 1 unspecified atom stereocenters. The zero-order valence-corrected chi connectivity index (χ0v) is 15.6. The molecule has 0 radical (unpaired) electrons. The molecule has 2 heterocycles. The first-order chi connectivity index (χ1) is 13.6. The Balaban J connectivity index is 1.40. The van der Waals surface area contributed by atoms with Crippen LogP contribution in [0, 0.1) is 5.92 Å². The largest absolute Gasteiger partial charge is 0.326 e. The predicted octanol–water partition coefficient (Wildman–Crippen LogP) is 2.82. The maximum Gasteiger partial charge on any atom is 0.229 e. The van der Waals surface area contributed by atoms with Gasteiger partial charge < -0.3 is 10.2 Å². The molecule has 1 atom stereocenters. The highest BCUT2D eigenvalue weighted by molar-refractivity contribution is 6.03. The Hall–Kier alpha value is -3.48. The van der Waals surface area contributed by atoms with Crippen LogP contribution in [0.15, 0.2) is 61.2 Å². The van der Waals surface area contributed by atoms with Gasteiger partial charge in [-0.3, -0.25) is 9.59 Å². The number of hydrogen-bond donors (Lipinski definition) is 1. The molecule has 1 N–H and O–H groups in total. The second-order valence-corrected chi connectivity index (χ2v) is 6.80. The normalized spacial score (nSPS) is 16.4. The lowest BCUT2D eigenvalue weighted by Gasteiger charge is -2.17. The average Bonchev–Trinajstić information content (AvgIpc) is 3.39. The summed E-state index contributed by atoms with van der Waals surface area (Å²) >= 11 is 0. The lowest BCUT2D eigenvalue weighted by Crippen LogP contribution is -2.28. The minimum Gasteiger partial charge on any atom is -0.326 e. The first kappa shape index (κ1) is 17.9. The first-order valence-electron chi connectivity index (χ1n) is 9.29. The van der Waals surface area contributed by atoms with Crippen molar-refractivity contribution in [1.29, 1.82) is 0 Å². The van der Waals surface area contributed by atoms with Crippen LogP contribution < -0.4 is 10.2 Å². The van der Waals surface area contributed by atoms with Gasteiger partial charge in [-0.05, 0) is 48.4 Å². The lowest BCUT2D eigenvalue weighted by molar-refractivity contribution is -0.122. The summed E-state index contributed by atoms with van der Waals surface area (Å²) in [5.74, 6) is -0.534. The molecule has 28 heavy (non-hydrogen) atoms. The van der Waals surface area contributed by atoms with E-state index in [4.69, 9.17) is 0 Å². The zero-order chi connectivity index (χ0) is 19.5. The quantitative estimate of drug-likeness (QED) is 0.744. The number of benzene rings is 2. The summed E-state index contributed by atoms with van der Waals surface area (Å²) in [4.78, 5) is 30.6. The third-order valence-electron chi connectivity index (χ3n) is 4.97. The van der Waals surface area contributed by atoms with Crippen LogP contribution in [0.2, 0.25) is 0 Å². The molecule has 7 heteroatoms. The van der Waals surface area contributed by atoms with Crippen LogP contribution in [-0.2, 0) is 16.0 Å². The summed E-state index contributed by atoms with van der Waals surface area (Å²) in [6.07, 6.45) is 4.25. The number of carbonyl (C=O) groups is 2. The fraction of sp³-hybridized carbons (Fsp3) is 0.238. The second-order valence-electron chi connectivity index (χ2n) is 6.80. The van der Waals surface area contributed by atoms with E-state index >= 15 is 0 Å². The Morgan fingerprint density at radius 2 is 1.82 bits per heavy atom. The molecule has 7 nitrogen and oxygen atoms in total. The van der Waals surface area contributed by atoms with Gasteiger partial charge in [0, 0.05) is 24.3 Å². The third-order valence-corrected chi connectivity index (χ3v) is 4.97. The van der Waals surface area contributed by atoms with E-state index in [-0.39, 0.29) is 24.2 Å². The Morgan fingerprint density at radius 3 is 2.46 bits per heavy atom. The van der Waals surface area contributed by atoms with Crippen molar-refractivity contribution in [3.8, 4) is 5.69 Å². The van der Waals surface area contributed by atoms with Crippen molar-refractivity contribution < 1.29 is 9.59 Å². The summed E-state index contributed by atoms with van der Waals surface area (Å²) in [7, 11) is 0. The maximum atomic E-state index is 12.6. The van der Waals surface area contributed by atoms with Gasteiger partial charge in [0.15, 0.2) is 0 Å². The number of amides is 2. The highest BCUT2D eigenvalue weighted by Crippen LogP contribution is 2.26. The van der Waals surface area contributed by atoms with Gasteiger partial charge in [-0.15, -0.1) is 0 Å². The summed E-state index contributed by atoms with van der Waals surface area (Å²) in [6, 6.07) is 15.3. The number of aryl methyl sites for hydroxylation is 1. The van der Waals surface area contributed by atoms with Crippen LogP contribution >= 0.6 is 0 Å². The smallest absolute Gasteiger partial charge is 0.229 e. The van der Waals surface area contributed by atoms with Gasteiger partial charge in [0.05, 0.1) is 11.6 Å². The number of nitrogens with one attached hydrogen (secondary N) is 1. The summed E-state index contributed by atoms with van der Waals surface area (Å²) in [6.45, 7) is 2.49. The van der Waals surface area contributed by atoms with Gasteiger partial charge in [0.2, 0.25) is 11.8 Å². The van der Waals surface area contributed by atoms with Gasteiger partial charge in [-0.25, -0.2) is 9.67 Å². The average molecular weight is 375 g/mol. The number of hydrogen-bond acceptors (Lipinski definition) is 4. The second kappa shape index (κ2) is 7.64. The Bertz CT molecular complexity index is 965. The van der Waals surface area contributed by atoms with Crippen molar-refractivity contribution >= 4 is 23.2 Å². The van der Waals surface area contributed by atoms with E-state index in [1.165, 1.54) is 11.9 Å². The molecule has 2 aromatic carbocycles. The van der Waals surface area contributed by atoms with Crippen LogP contribution in [0.5, 0.6) is 0 Å². The van der Waals surface area contributed by atoms with E-state index < -0.39 is 0 Å². The minimum absolute atomic E-state index is 0.0223. The fourth-order valence-corrected chi connectivity index (χ4v) is 3.33. The molecule has 1 aromatic heterocycles.